The predicted molar refractivity (Wildman–Crippen MR) is 106 cm³/mol. The van der Waals surface area contributed by atoms with Crippen molar-refractivity contribution in [3.63, 3.8) is 0 Å². The predicted octanol–water partition coefficient (Wildman–Crippen LogP) is 3.09. The fraction of sp³-hybridized carbons (Fsp3) is 0.636. The Morgan fingerprint density at radius 3 is 2.21 bits per heavy atom. The van der Waals surface area contributed by atoms with Crippen LogP contribution in [0.1, 0.15) is 51.4 Å². The fourth-order valence-electron chi connectivity index (χ4n) is 4.57. The molecule has 0 radical (unpaired) electrons. The summed E-state index contributed by atoms with van der Waals surface area (Å²) in [7, 11) is 0. The van der Waals surface area contributed by atoms with Crippen LogP contribution in [0.4, 0.5) is 10.1 Å². The minimum Gasteiger partial charge on any atom is -0.366 e. The van der Waals surface area contributed by atoms with E-state index in [1.54, 1.807) is 17.0 Å². The number of nitrogens with zero attached hydrogens (tertiary/aromatic N) is 2. The molecule has 4 rings (SSSR count). The number of benzene rings is 1. The van der Waals surface area contributed by atoms with Gasteiger partial charge in [-0.05, 0) is 37.8 Å². The molecule has 0 atom stereocenters. The number of carbonyl (C=O) groups excluding carboxylic acids is 2. The van der Waals surface area contributed by atoms with Gasteiger partial charge in [0.1, 0.15) is 11.2 Å². The first-order valence-electron chi connectivity index (χ1n) is 10.7. The van der Waals surface area contributed by atoms with Crippen molar-refractivity contribution in [1.82, 2.24) is 10.2 Å². The molecule has 0 bridgehead atoms. The largest absolute Gasteiger partial charge is 0.366 e. The van der Waals surface area contributed by atoms with E-state index in [1.807, 2.05) is 11.0 Å². The van der Waals surface area contributed by atoms with Crippen LogP contribution in [0.3, 0.4) is 0 Å². The van der Waals surface area contributed by atoms with Gasteiger partial charge in [-0.25, -0.2) is 4.39 Å². The second-order valence-corrected chi connectivity index (χ2v) is 8.47. The highest BCUT2D eigenvalue weighted by molar-refractivity contribution is 6.08. The second kappa shape index (κ2) is 8.10. The lowest BCUT2D eigenvalue weighted by Crippen LogP contribution is -2.54. The van der Waals surface area contributed by atoms with E-state index < -0.39 is 5.41 Å². The molecule has 1 aliphatic heterocycles. The van der Waals surface area contributed by atoms with Crippen molar-refractivity contribution in [2.75, 3.05) is 31.1 Å². The summed E-state index contributed by atoms with van der Waals surface area (Å²) < 4.78 is 14.0. The van der Waals surface area contributed by atoms with Gasteiger partial charge in [-0.15, -0.1) is 0 Å². The number of para-hydroxylation sites is 1. The van der Waals surface area contributed by atoms with Crippen LogP contribution in [0, 0.1) is 11.2 Å². The third kappa shape index (κ3) is 3.87. The molecule has 2 saturated carbocycles. The molecule has 3 aliphatic rings. The number of piperazine rings is 1. The van der Waals surface area contributed by atoms with Gasteiger partial charge in [0.25, 0.3) is 0 Å². The molecule has 3 fully saturated rings. The van der Waals surface area contributed by atoms with Gasteiger partial charge in [0.15, 0.2) is 0 Å². The smallest absolute Gasteiger partial charge is 0.238 e. The Labute approximate surface area is 166 Å². The van der Waals surface area contributed by atoms with E-state index in [0.29, 0.717) is 44.7 Å². The summed E-state index contributed by atoms with van der Waals surface area (Å²) in [6.45, 7) is 2.25. The standard InChI is InChI=1S/C22H30FN3O2/c23-18-9-5-6-10-19(18)25-13-15-26(16-14-25)21(28)22(11-12-22)20(27)24-17-7-3-1-2-4-8-17/h5-6,9-10,17H,1-4,7-8,11-16H2,(H,24,27). The zero-order valence-corrected chi connectivity index (χ0v) is 16.5. The van der Waals surface area contributed by atoms with Crippen molar-refractivity contribution in [3.8, 4) is 0 Å². The first-order chi connectivity index (χ1) is 13.6. The highest BCUT2D eigenvalue weighted by Crippen LogP contribution is 2.48. The van der Waals surface area contributed by atoms with Gasteiger partial charge in [-0.1, -0.05) is 37.8 Å². The fourth-order valence-corrected chi connectivity index (χ4v) is 4.57. The molecule has 0 unspecified atom stereocenters. The summed E-state index contributed by atoms with van der Waals surface area (Å²) in [6.07, 6.45) is 8.14. The van der Waals surface area contributed by atoms with Crippen molar-refractivity contribution in [1.29, 1.82) is 0 Å². The maximum atomic E-state index is 14.0. The van der Waals surface area contributed by atoms with Gasteiger partial charge in [0.2, 0.25) is 11.8 Å². The van der Waals surface area contributed by atoms with E-state index in [9.17, 15) is 14.0 Å². The Bertz CT molecular complexity index is 718. The molecule has 1 N–H and O–H groups in total. The maximum Gasteiger partial charge on any atom is 0.238 e. The Balaban J connectivity index is 1.34. The van der Waals surface area contributed by atoms with E-state index in [2.05, 4.69) is 5.32 Å². The zero-order valence-electron chi connectivity index (χ0n) is 16.5. The van der Waals surface area contributed by atoms with Crippen LogP contribution in [0.25, 0.3) is 0 Å². The van der Waals surface area contributed by atoms with Crippen molar-refractivity contribution >= 4 is 17.5 Å². The maximum absolute atomic E-state index is 14.0. The van der Waals surface area contributed by atoms with Crippen LogP contribution >= 0.6 is 0 Å². The average molecular weight is 387 g/mol. The number of anilines is 1. The summed E-state index contributed by atoms with van der Waals surface area (Å²) in [5.41, 5.74) is -0.256. The number of rotatable bonds is 4. The molecule has 152 valence electrons. The van der Waals surface area contributed by atoms with E-state index in [0.717, 1.165) is 25.7 Å². The lowest BCUT2D eigenvalue weighted by Gasteiger charge is -2.37. The van der Waals surface area contributed by atoms with E-state index in [4.69, 9.17) is 0 Å². The van der Waals surface area contributed by atoms with Crippen molar-refractivity contribution < 1.29 is 14.0 Å². The van der Waals surface area contributed by atoms with Crippen molar-refractivity contribution in [3.05, 3.63) is 30.1 Å². The number of hydrogen-bond donors (Lipinski definition) is 1. The van der Waals surface area contributed by atoms with E-state index in [-0.39, 0.29) is 23.7 Å². The first-order valence-corrected chi connectivity index (χ1v) is 10.7. The quantitative estimate of drug-likeness (QED) is 0.638. The van der Waals surface area contributed by atoms with Gasteiger partial charge in [0.05, 0.1) is 5.69 Å². The highest BCUT2D eigenvalue weighted by atomic mass is 19.1. The molecule has 2 amide bonds. The topological polar surface area (TPSA) is 52.7 Å². The monoisotopic (exact) mass is 387 g/mol. The molecule has 6 heteroatoms. The highest BCUT2D eigenvalue weighted by Gasteiger charge is 2.58. The lowest BCUT2D eigenvalue weighted by atomic mass is 10.0. The Morgan fingerprint density at radius 1 is 0.964 bits per heavy atom. The molecule has 2 aliphatic carbocycles. The molecular weight excluding hydrogens is 357 g/mol. The van der Waals surface area contributed by atoms with E-state index in [1.165, 1.54) is 18.9 Å². The number of halogens is 1. The SMILES string of the molecule is O=C(NC1CCCCCC1)C1(C(=O)N2CCN(c3ccccc3F)CC2)CC1. The van der Waals surface area contributed by atoms with Gasteiger partial charge in [-0.3, -0.25) is 9.59 Å². The molecule has 28 heavy (non-hydrogen) atoms. The summed E-state index contributed by atoms with van der Waals surface area (Å²) in [5, 5.41) is 3.18. The number of amides is 2. The van der Waals surface area contributed by atoms with Crippen LogP contribution in [0.5, 0.6) is 0 Å². The molecule has 5 nitrogen and oxygen atoms in total. The van der Waals surface area contributed by atoms with Crippen molar-refractivity contribution in [2.24, 2.45) is 5.41 Å². The minimum atomic E-state index is -0.841. The zero-order chi connectivity index (χ0) is 19.6. The third-order valence-electron chi connectivity index (χ3n) is 6.54. The molecule has 0 aromatic heterocycles. The normalized spacial score (nSPS) is 22.5. The molecular formula is C22H30FN3O2. The molecule has 1 aromatic carbocycles. The average Bonchev–Trinajstić information content (AvgIpc) is 3.54. The van der Waals surface area contributed by atoms with Gasteiger partial charge in [0, 0.05) is 32.2 Å². The van der Waals surface area contributed by atoms with Crippen LogP contribution < -0.4 is 10.2 Å². The summed E-state index contributed by atoms with van der Waals surface area (Å²) in [4.78, 5) is 29.8. The Morgan fingerprint density at radius 2 is 1.61 bits per heavy atom. The van der Waals surface area contributed by atoms with Crippen LogP contribution in [0.15, 0.2) is 24.3 Å². The van der Waals surface area contributed by atoms with Crippen LogP contribution in [-0.2, 0) is 9.59 Å². The Kier molecular flexibility index (Phi) is 5.56. The Hall–Kier alpha value is -2.11. The third-order valence-corrected chi connectivity index (χ3v) is 6.54. The lowest BCUT2D eigenvalue weighted by molar-refractivity contribution is -0.144. The second-order valence-electron chi connectivity index (χ2n) is 8.47. The van der Waals surface area contributed by atoms with Crippen LogP contribution in [-0.4, -0.2) is 48.9 Å². The number of carbonyl (C=O) groups is 2. The molecule has 1 heterocycles. The summed E-state index contributed by atoms with van der Waals surface area (Å²) in [6, 6.07) is 6.97. The van der Waals surface area contributed by atoms with Gasteiger partial charge >= 0.3 is 0 Å². The number of hydrogen-bond acceptors (Lipinski definition) is 3. The molecule has 1 saturated heterocycles. The van der Waals surface area contributed by atoms with E-state index >= 15 is 0 Å². The van der Waals surface area contributed by atoms with Gasteiger partial charge < -0.3 is 15.1 Å². The summed E-state index contributed by atoms with van der Waals surface area (Å²) in [5.74, 6) is -0.337. The van der Waals surface area contributed by atoms with Crippen LogP contribution in [0.2, 0.25) is 0 Å². The number of nitrogens with one attached hydrogen (secondary N) is 1. The first kappa shape index (κ1) is 19.2. The molecule has 1 aromatic rings. The minimum absolute atomic E-state index is 0.0354. The van der Waals surface area contributed by atoms with Crippen molar-refractivity contribution in [2.45, 2.75) is 57.4 Å². The molecule has 0 spiro atoms. The summed E-state index contributed by atoms with van der Waals surface area (Å²) >= 11 is 0. The van der Waals surface area contributed by atoms with Gasteiger partial charge in [-0.2, -0.15) is 0 Å².